The van der Waals surface area contributed by atoms with Crippen molar-refractivity contribution in [1.29, 1.82) is 0 Å². The summed E-state index contributed by atoms with van der Waals surface area (Å²) < 4.78 is 7.40. The molecule has 0 fully saturated rings. The first-order valence-corrected chi connectivity index (χ1v) is 9.92. The minimum atomic E-state index is -0.393. The number of carbonyl (C=O) groups is 1. The lowest BCUT2D eigenvalue weighted by Crippen LogP contribution is -2.19. The highest BCUT2D eigenvalue weighted by atomic mass is 16.5. The molecule has 0 aliphatic heterocycles. The summed E-state index contributed by atoms with van der Waals surface area (Å²) in [5.41, 5.74) is 1.64. The van der Waals surface area contributed by atoms with Crippen LogP contribution in [0.3, 0.4) is 0 Å². The van der Waals surface area contributed by atoms with E-state index in [-0.39, 0.29) is 5.52 Å². The van der Waals surface area contributed by atoms with Gasteiger partial charge in [0.2, 0.25) is 6.41 Å². The van der Waals surface area contributed by atoms with Crippen LogP contribution in [0.2, 0.25) is 0 Å². The summed E-state index contributed by atoms with van der Waals surface area (Å²) in [5, 5.41) is 4.43. The molecule has 3 aromatic heterocycles. The maximum absolute atomic E-state index is 12.9. The van der Waals surface area contributed by atoms with Crippen LogP contribution in [0.4, 0.5) is 5.82 Å². The minimum Gasteiger partial charge on any atom is -0.493 e. The predicted octanol–water partition coefficient (Wildman–Crippen LogP) is 2.61. The largest absolute Gasteiger partial charge is 0.493 e. The van der Waals surface area contributed by atoms with E-state index in [2.05, 4.69) is 20.1 Å². The molecular formula is C22H22N6O3. The average molecular weight is 418 g/mol. The van der Waals surface area contributed by atoms with Crippen molar-refractivity contribution in [3.8, 4) is 17.1 Å². The van der Waals surface area contributed by atoms with Crippen molar-refractivity contribution in [1.82, 2.24) is 24.7 Å². The Labute approximate surface area is 178 Å². The van der Waals surface area contributed by atoms with Crippen molar-refractivity contribution in [2.24, 2.45) is 0 Å². The van der Waals surface area contributed by atoms with Gasteiger partial charge in [-0.1, -0.05) is 25.1 Å². The quantitative estimate of drug-likeness (QED) is 0.441. The topological polar surface area (TPSA) is 106 Å². The number of nitrogens with zero attached hydrogens (tertiary/aromatic N) is 5. The molecule has 0 spiro atoms. The number of carbonyl (C=O) groups excluding carboxylic acids is 1. The fraction of sp³-hybridized carbons (Fsp3) is 0.227. The molecule has 0 unspecified atom stereocenters. The Morgan fingerprint density at radius 3 is 2.77 bits per heavy atom. The molecule has 0 saturated carbocycles. The first-order chi connectivity index (χ1) is 15.1. The Morgan fingerprint density at radius 2 is 2.03 bits per heavy atom. The number of nitrogens with one attached hydrogen (secondary N) is 1. The van der Waals surface area contributed by atoms with Gasteiger partial charge in [-0.05, 0) is 30.2 Å². The van der Waals surface area contributed by atoms with Crippen molar-refractivity contribution in [3.63, 3.8) is 0 Å². The van der Waals surface area contributed by atoms with Crippen LogP contribution in [0.15, 0.2) is 53.6 Å². The molecule has 0 atom stereocenters. The lowest BCUT2D eigenvalue weighted by atomic mass is 10.2. The van der Waals surface area contributed by atoms with E-state index in [4.69, 9.17) is 4.74 Å². The molecule has 1 N–H and O–H groups in total. The highest BCUT2D eigenvalue weighted by Gasteiger charge is 2.21. The van der Waals surface area contributed by atoms with Crippen LogP contribution in [0.5, 0.6) is 5.75 Å². The molecule has 0 aliphatic rings. The Kier molecular flexibility index (Phi) is 5.74. The van der Waals surface area contributed by atoms with E-state index >= 15 is 0 Å². The molecule has 31 heavy (non-hydrogen) atoms. The number of hydrogen-bond acceptors (Lipinski definition) is 6. The summed E-state index contributed by atoms with van der Waals surface area (Å²) in [4.78, 5) is 37.4. The van der Waals surface area contributed by atoms with E-state index in [1.807, 2.05) is 43.3 Å². The standard InChI is InChI=1S/C22H22N6O3/c1-3-11-31-17-9-5-4-8-16(17)20-24-19-18(21(30)25-20)26-28(22(19)27(2)14-29)13-15-7-6-10-23-12-15/h4-10,12,14H,3,11,13H2,1-2H3,(H,24,25,30). The first kappa shape index (κ1) is 20.3. The third kappa shape index (κ3) is 4.02. The number of para-hydroxylation sites is 1. The third-order valence-electron chi connectivity index (χ3n) is 4.72. The predicted molar refractivity (Wildman–Crippen MR) is 117 cm³/mol. The fourth-order valence-electron chi connectivity index (χ4n) is 3.31. The number of rotatable bonds is 8. The van der Waals surface area contributed by atoms with Crippen LogP contribution < -0.4 is 15.2 Å². The molecule has 0 bridgehead atoms. The average Bonchev–Trinajstić information content (AvgIpc) is 3.16. The second-order valence-corrected chi connectivity index (χ2v) is 7.02. The number of fused-ring (bicyclic) bond motifs is 1. The number of benzene rings is 1. The molecule has 9 nitrogen and oxygen atoms in total. The summed E-state index contributed by atoms with van der Waals surface area (Å²) in [6.07, 6.45) is 4.91. The molecule has 4 aromatic rings. The lowest BCUT2D eigenvalue weighted by Gasteiger charge is -2.14. The van der Waals surface area contributed by atoms with E-state index in [0.29, 0.717) is 48.0 Å². The van der Waals surface area contributed by atoms with Gasteiger partial charge in [0.15, 0.2) is 11.3 Å². The van der Waals surface area contributed by atoms with Gasteiger partial charge in [-0.25, -0.2) is 9.67 Å². The van der Waals surface area contributed by atoms with Gasteiger partial charge in [0.25, 0.3) is 5.56 Å². The zero-order chi connectivity index (χ0) is 21.8. The number of aromatic nitrogens is 5. The molecule has 158 valence electrons. The molecule has 1 aromatic carbocycles. The number of ether oxygens (including phenoxy) is 1. The zero-order valence-electron chi connectivity index (χ0n) is 17.3. The molecule has 0 radical (unpaired) electrons. The minimum absolute atomic E-state index is 0.156. The number of pyridine rings is 1. The molecule has 9 heteroatoms. The van der Waals surface area contributed by atoms with Crippen LogP contribution in [0.25, 0.3) is 22.4 Å². The number of aromatic amines is 1. The van der Waals surface area contributed by atoms with Gasteiger partial charge in [-0.3, -0.25) is 14.6 Å². The van der Waals surface area contributed by atoms with Gasteiger partial charge in [0.05, 0.1) is 18.7 Å². The smallest absolute Gasteiger partial charge is 0.279 e. The van der Waals surface area contributed by atoms with E-state index in [9.17, 15) is 9.59 Å². The monoisotopic (exact) mass is 418 g/mol. The van der Waals surface area contributed by atoms with Gasteiger partial charge in [-0.15, -0.1) is 0 Å². The van der Waals surface area contributed by atoms with Crippen molar-refractivity contribution in [3.05, 3.63) is 64.7 Å². The van der Waals surface area contributed by atoms with Crippen LogP contribution in [-0.2, 0) is 11.3 Å². The number of amides is 1. The van der Waals surface area contributed by atoms with Gasteiger partial charge < -0.3 is 14.6 Å². The van der Waals surface area contributed by atoms with E-state index in [1.165, 1.54) is 4.90 Å². The second-order valence-electron chi connectivity index (χ2n) is 7.02. The third-order valence-corrected chi connectivity index (χ3v) is 4.72. The molecule has 0 aliphatic carbocycles. The molecular weight excluding hydrogens is 396 g/mol. The van der Waals surface area contributed by atoms with E-state index < -0.39 is 5.56 Å². The van der Waals surface area contributed by atoms with Gasteiger partial charge >= 0.3 is 0 Å². The van der Waals surface area contributed by atoms with Gasteiger partial charge in [-0.2, -0.15) is 5.10 Å². The highest BCUT2D eigenvalue weighted by Crippen LogP contribution is 2.30. The van der Waals surface area contributed by atoms with Crippen molar-refractivity contribution in [2.45, 2.75) is 19.9 Å². The lowest BCUT2D eigenvalue weighted by molar-refractivity contribution is -0.107. The molecule has 0 saturated heterocycles. The number of anilines is 1. The normalized spacial score (nSPS) is 10.9. The van der Waals surface area contributed by atoms with Crippen molar-refractivity contribution < 1.29 is 9.53 Å². The van der Waals surface area contributed by atoms with E-state index in [0.717, 1.165) is 12.0 Å². The maximum atomic E-state index is 12.9. The van der Waals surface area contributed by atoms with Crippen LogP contribution in [-0.4, -0.2) is 44.8 Å². The van der Waals surface area contributed by atoms with Crippen LogP contribution in [0, 0.1) is 0 Å². The fourth-order valence-corrected chi connectivity index (χ4v) is 3.31. The summed E-state index contributed by atoms with van der Waals surface area (Å²) in [7, 11) is 1.60. The number of H-pyrrole nitrogens is 1. The molecule has 4 rings (SSSR count). The van der Waals surface area contributed by atoms with E-state index in [1.54, 1.807) is 24.1 Å². The van der Waals surface area contributed by atoms with Crippen LogP contribution in [0.1, 0.15) is 18.9 Å². The SMILES string of the molecule is CCCOc1ccccc1-c1nc2c(N(C)C=O)n(Cc3cccnc3)nc2c(=O)[nH]1. The Balaban J connectivity index is 1.89. The highest BCUT2D eigenvalue weighted by molar-refractivity contribution is 5.92. The maximum Gasteiger partial charge on any atom is 0.279 e. The Bertz CT molecular complexity index is 1270. The summed E-state index contributed by atoms with van der Waals surface area (Å²) in [6, 6.07) is 11.1. The first-order valence-electron chi connectivity index (χ1n) is 9.92. The summed E-state index contributed by atoms with van der Waals surface area (Å²) in [6.45, 7) is 2.90. The molecule has 1 amide bonds. The van der Waals surface area contributed by atoms with Gasteiger partial charge in [0, 0.05) is 19.4 Å². The van der Waals surface area contributed by atoms with Crippen LogP contribution >= 0.6 is 0 Å². The number of hydrogen-bond donors (Lipinski definition) is 1. The Hall–Kier alpha value is -4.01. The molecule has 3 heterocycles. The Morgan fingerprint density at radius 1 is 1.19 bits per heavy atom. The summed E-state index contributed by atoms with van der Waals surface area (Å²) >= 11 is 0. The van der Waals surface area contributed by atoms with Gasteiger partial charge in [0.1, 0.15) is 17.1 Å². The summed E-state index contributed by atoms with van der Waals surface area (Å²) in [5.74, 6) is 1.40. The van der Waals surface area contributed by atoms with Crippen molar-refractivity contribution >= 4 is 23.3 Å². The zero-order valence-corrected chi connectivity index (χ0v) is 17.3. The van der Waals surface area contributed by atoms with Crippen molar-refractivity contribution in [2.75, 3.05) is 18.6 Å². The second kappa shape index (κ2) is 8.78.